The molecule has 0 atom stereocenters. The SMILES string of the molecule is CC[N+](CC)(CC=CCOc1ccccc1)CCO. The fourth-order valence-electron chi connectivity index (χ4n) is 2.13. The second kappa shape index (κ2) is 8.73. The molecule has 0 spiro atoms. The normalized spacial score (nSPS) is 11.9. The molecule has 3 heteroatoms. The number of aliphatic hydroxyl groups is 1. The van der Waals surface area contributed by atoms with Gasteiger partial charge in [-0.05, 0) is 38.1 Å². The van der Waals surface area contributed by atoms with Crippen molar-refractivity contribution < 1.29 is 14.3 Å². The maximum Gasteiger partial charge on any atom is 0.119 e. The van der Waals surface area contributed by atoms with Crippen LogP contribution in [0.15, 0.2) is 42.5 Å². The summed E-state index contributed by atoms with van der Waals surface area (Å²) in [5, 5.41) is 9.15. The van der Waals surface area contributed by atoms with Crippen molar-refractivity contribution in [2.24, 2.45) is 0 Å². The first-order valence-electron chi connectivity index (χ1n) is 7.05. The van der Waals surface area contributed by atoms with Gasteiger partial charge in [-0.2, -0.15) is 0 Å². The lowest BCUT2D eigenvalue weighted by molar-refractivity contribution is -0.919. The standard InChI is InChI=1S/C16H26NO2/c1-3-17(4-2,13-14-18)12-8-9-15-19-16-10-6-5-7-11-16/h5-11,18H,3-4,12-15H2,1-2H3/q+1. The van der Waals surface area contributed by atoms with Crippen LogP contribution in [-0.4, -0.2) is 49.0 Å². The van der Waals surface area contributed by atoms with Gasteiger partial charge in [0.1, 0.15) is 18.9 Å². The van der Waals surface area contributed by atoms with Crippen LogP contribution in [0.4, 0.5) is 0 Å². The van der Waals surface area contributed by atoms with E-state index in [9.17, 15) is 0 Å². The van der Waals surface area contributed by atoms with Gasteiger partial charge < -0.3 is 14.3 Å². The molecule has 1 aromatic rings. The van der Waals surface area contributed by atoms with Crippen molar-refractivity contribution in [2.75, 3.05) is 39.4 Å². The molecule has 1 rings (SSSR count). The van der Waals surface area contributed by atoms with Crippen molar-refractivity contribution in [2.45, 2.75) is 13.8 Å². The minimum absolute atomic E-state index is 0.246. The summed E-state index contributed by atoms with van der Waals surface area (Å²) in [6.07, 6.45) is 4.22. The van der Waals surface area contributed by atoms with Crippen LogP contribution in [0.25, 0.3) is 0 Å². The van der Waals surface area contributed by atoms with Crippen molar-refractivity contribution >= 4 is 0 Å². The Morgan fingerprint density at radius 3 is 2.37 bits per heavy atom. The lowest BCUT2D eigenvalue weighted by Crippen LogP contribution is -2.49. The first-order chi connectivity index (χ1) is 9.26. The Balaban J connectivity index is 2.36. The molecule has 0 aliphatic carbocycles. The fraction of sp³-hybridized carbons (Fsp3) is 0.500. The first kappa shape index (κ1) is 15.7. The molecule has 0 saturated carbocycles. The largest absolute Gasteiger partial charge is 0.490 e. The Morgan fingerprint density at radius 2 is 1.79 bits per heavy atom. The van der Waals surface area contributed by atoms with Crippen molar-refractivity contribution in [1.29, 1.82) is 0 Å². The highest BCUT2D eigenvalue weighted by Gasteiger charge is 2.20. The topological polar surface area (TPSA) is 29.5 Å². The molecule has 1 aromatic carbocycles. The molecule has 1 N–H and O–H groups in total. The van der Waals surface area contributed by atoms with Crippen molar-refractivity contribution in [3.8, 4) is 5.75 Å². The van der Waals surface area contributed by atoms with Crippen LogP contribution in [0.5, 0.6) is 5.75 Å². The minimum Gasteiger partial charge on any atom is -0.490 e. The number of benzene rings is 1. The van der Waals surface area contributed by atoms with E-state index in [1.165, 1.54) is 0 Å². The van der Waals surface area contributed by atoms with E-state index < -0.39 is 0 Å². The first-order valence-corrected chi connectivity index (χ1v) is 7.05. The number of para-hydroxylation sites is 1. The number of rotatable bonds is 9. The lowest BCUT2D eigenvalue weighted by Gasteiger charge is -2.35. The third-order valence-electron chi connectivity index (χ3n) is 3.66. The molecule has 0 aliphatic rings. The molecule has 0 amide bonds. The van der Waals surface area contributed by atoms with E-state index in [-0.39, 0.29) is 6.61 Å². The lowest BCUT2D eigenvalue weighted by atomic mass is 10.3. The molecule has 0 aliphatic heterocycles. The van der Waals surface area contributed by atoms with E-state index in [2.05, 4.69) is 26.0 Å². The van der Waals surface area contributed by atoms with E-state index in [0.29, 0.717) is 6.61 Å². The van der Waals surface area contributed by atoms with Crippen LogP contribution in [0, 0.1) is 0 Å². The second-order valence-electron chi connectivity index (χ2n) is 4.70. The highest BCUT2D eigenvalue weighted by Crippen LogP contribution is 2.08. The molecular weight excluding hydrogens is 238 g/mol. The highest BCUT2D eigenvalue weighted by molar-refractivity contribution is 5.21. The van der Waals surface area contributed by atoms with Crippen molar-refractivity contribution in [1.82, 2.24) is 0 Å². The molecule has 0 heterocycles. The molecule has 3 nitrogen and oxygen atoms in total. The van der Waals surface area contributed by atoms with E-state index in [0.717, 1.165) is 36.4 Å². The quantitative estimate of drug-likeness (QED) is 0.548. The number of hydrogen-bond acceptors (Lipinski definition) is 2. The van der Waals surface area contributed by atoms with Gasteiger partial charge in [0.15, 0.2) is 0 Å². The van der Waals surface area contributed by atoms with Gasteiger partial charge in [-0.15, -0.1) is 0 Å². The monoisotopic (exact) mass is 264 g/mol. The van der Waals surface area contributed by atoms with Crippen LogP contribution in [0.1, 0.15) is 13.8 Å². The Bertz CT molecular complexity index is 358. The summed E-state index contributed by atoms with van der Waals surface area (Å²) in [6, 6.07) is 9.83. The van der Waals surface area contributed by atoms with Gasteiger partial charge in [-0.25, -0.2) is 0 Å². The third-order valence-corrected chi connectivity index (χ3v) is 3.66. The summed E-state index contributed by atoms with van der Waals surface area (Å²) in [5.41, 5.74) is 0. The zero-order valence-electron chi connectivity index (χ0n) is 12.1. The maximum atomic E-state index is 9.15. The van der Waals surface area contributed by atoms with Gasteiger partial charge >= 0.3 is 0 Å². The number of aliphatic hydroxyl groups excluding tert-OH is 1. The summed E-state index contributed by atoms with van der Waals surface area (Å²) >= 11 is 0. The number of ether oxygens (including phenoxy) is 1. The van der Waals surface area contributed by atoms with Crippen LogP contribution >= 0.6 is 0 Å². The number of hydrogen-bond donors (Lipinski definition) is 1. The Labute approximate surface area is 116 Å². The number of nitrogens with zero attached hydrogens (tertiary/aromatic N) is 1. The Hall–Kier alpha value is -1.32. The average Bonchev–Trinajstić information content (AvgIpc) is 2.47. The third kappa shape index (κ3) is 5.45. The summed E-state index contributed by atoms with van der Waals surface area (Å²) in [6.45, 7) is 9.04. The summed E-state index contributed by atoms with van der Waals surface area (Å²) in [7, 11) is 0. The van der Waals surface area contributed by atoms with E-state index in [1.807, 2.05) is 30.3 Å². The van der Waals surface area contributed by atoms with E-state index in [1.54, 1.807) is 0 Å². The highest BCUT2D eigenvalue weighted by atomic mass is 16.5. The number of quaternary nitrogens is 1. The van der Waals surface area contributed by atoms with E-state index >= 15 is 0 Å². The summed E-state index contributed by atoms with van der Waals surface area (Å²) < 4.78 is 6.53. The molecule has 0 saturated heterocycles. The zero-order valence-corrected chi connectivity index (χ0v) is 12.1. The fourth-order valence-corrected chi connectivity index (χ4v) is 2.13. The Morgan fingerprint density at radius 1 is 1.11 bits per heavy atom. The minimum atomic E-state index is 0.246. The Kier molecular flexibility index (Phi) is 7.23. The van der Waals surface area contributed by atoms with Gasteiger partial charge in [0.2, 0.25) is 0 Å². The van der Waals surface area contributed by atoms with Gasteiger partial charge in [-0.1, -0.05) is 18.2 Å². The van der Waals surface area contributed by atoms with E-state index in [4.69, 9.17) is 9.84 Å². The van der Waals surface area contributed by atoms with Crippen LogP contribution in [-0.2, 0) is 0 Å². The molecule has 106 valence electrons. The summed E-state index contributed by atoms with van der Waals surface area (Å²) in [5.74, 6) is 0.897. The molecule has 0 fully saturated rings. The maximum absolute atomic E-state index is 9.15. The number of likely N-dealkylation sites (N-methyl/N-ethyl adjacent to an activating group) is 1. The molecule has 0 unspecified atom stereocenters. The van der Waals surface area contributed by atoms with Gasteiger partial charge in [0.05, 0.1) is 26.2 Å². The van der Waals surface area contributed by atoms with Crippen molar-refractivity contribution in [3.63, 3.8) is 0 Å². The van der Waals surface area contributed by atoms with Crippen LogP contribution in [0.3, 0.4) is 0 Å². The zero-order chi connectivity index (χ0) is 14.0. The van der Waals surface area contributed by atoms with Gasteiger partial charge in [0.25, 0.3) is 0 Å². The van der Waals surface area contributed by atoms with Crippen molar-refractivity contribution in [3.05, 3.63) is 42.5 Å². The average molecular weight is 264 g/mol. The molecule has 19 heavy (non-hydrogen) atoms. The van der Waals surface area contributed by atoms with Crippen LogP contribution < -0.4 is 4.74 Å². The predicted molar refractivity (Wildman–Crippen MR) is 79.2 cm³/mol. The van der Waals surface area contributed by atoms with Crippen LogP contribution in [0.2, 0.25) is 0 Å². The summed E-state index contributed by atoms with van der Waals surface area (Å²) in [4.78, 5) is 0. The van der Waals surface area contributed by atoms with Gasteiger partial charge in [0, 0.05) is 0 Å². The molecular formula is C16H26NO2+. The van der Waals surface area contributed by atoms with Gasteiger partial charge in [-0.3, -0.25) is 0 Å². The second-order valence-corrected chi connectivity index (χ2v) is 4.70. The predicted octanol–water partition coefficient (Wildman–Crippen LogP) is 2.47. The molecule has 0 aromatic heterocycles. The molecule has 0 bridgehead atoms. The molecule has 0 radical (unpaired) electrons. The smallest absolute Gasteiger partial charge is 0.119 e.